The maximum atomic E-state index is 11.8. The molecule has 0 amide bonds. The number of pyridine rings is 1. The molecule has 0 aliphatic rings. The second-order valence-electron chi connectivity index (χ2n) is 3.51. The van der Waals surface area contributed by atoms with Gasteiger partial charge in [-0.25, -0.2) is 9.36 Å². The lowest BCUT2D eigenvalue weighted by Gasteiger charge is -1.96. The van der Waals surface area contributed by atoms with E-state index in [4.69, 9.17) is 0 Å². The number of imidazole rings is 1. The van der Waals surface area contributed by atoms with Crippen LogP contribution in [0.4, 0.5) is 0 Å². The summed E-state index contributed by atoms with van der Waals surface area (Å²) in [5.74, 6) is 0.602. The van der Waals surface area contributed by atoms with Crippen molar-refractivity contribution in [2.75, 3.05) is 0 Å². The Morgan fingerprint density at radius 3 is 3.00 bits per heavy atom. The molecule has 0 saturated heterocycles. The average Bonchev–Trinajstić information content (AvgIpc) is 2.80. The Kier molecular flexibility index (Phi) is 1.70. The molecule has 0 aromatic carbocycles. The van der Waals surface area contributed by atoms with Crippen LogP contribution in [0, 0.1) is 0 Å². The summed E-state index contributed by atoms with van der Waals surface area (Å²) in [5, 5.41) is 4.20. The van der Waals surface area contributed by atoms with Crippen molar-refractivity contribution in [1.29, 1.82) is 0 Å². The first-order valence-electron chi connectivity index (χ1n) is 4.80. The molecule has 1 N–H and O–H groups in total. The summed E-state index contributed by atoms with van der Waals surface area (Å²) in [5.41, 5.74) is 1.28. The van der Waals surface area contributed by atoms with Crippen molar-refractivity contribution in [2.45, 2.75) is 0 Å². The van der Waals surface area contributed by atoms with Crippen molar-refractivity contribution < 1.29 is 0 Å². The van der Waals surface area contributed by atoms with Gasteiger partial charge in [-0.05, 0) is 6.07 Å². The predicted molar refractivity (Wildman–Crippen MR) is 58.5 cm³/mol. The molecule has 0 unspecified atom stereocenters. The van der Waals surface area contributed by atoms with E-state index in [1.807, 2.05) is 7.05 Å². The summed E-state index contributed by atoms with van der Waals surface area (Å²) in [4.78, 5) is 18.5. The van der Waals surface area contributed by atoms with Gasteiger partial charge < -0.3 is 4.98 Å². The zero-order chi connectivity index (χ0) is 11.1. The summed E-state index contributed by atoms with van der Waals surface area (Å²) in [6.45, 7) is 0. The fraction of sp³-hybridized carbons (Fsp3) is 0.100. The Bertz CT molecular complexity index is 705. The Hall–Kier alpha value is -2.37. The SMILES string of the molecule is Cn1ccc(-n2c(=O)[nH]c3cnccc32)n1. The summed E-state index contributed by atoms with van der Waals surface area (Å²) < 4.78 is 3.18. The van der Waals surface area contributed by atoms with Gasteiger partial charge in [-0.2, -0.15) is 5.10 Å². The van der Waals surface area contributed by atoms with Crippen LogP contribution in [-0.4, -0.2) is 24.3 Å². The molecule has 0 aliphatic heterocycles. The van der Waals surface area contributed by atoms with Gasteiger partial charge in [0.1, 0.15) is 0 Å². The number of H-pyrrole nitrogens is 1. The molecule has 16 heavy (non-hydrogen) atoms. The van der Waals surface area contributed by atoms with Crippen LogP contribution in [0.5, 0.6) is 0 Å². The zero-order valence-electron chi connectivity index (χ0n) is 8.58. The molecule has 0 atom stereocenters. The van der Waals surface area contributed by atoms with Crippen LogP contribution < -0.4 is 5.69 Å². The second kappa shape index (κ2) is 3.06. The van der Waals surface area contributed by atoms with Crippen molar-refractivity contribution in [3.63, 3.8) is 0 Å². The average molecular weight is 215 g/mol. The molecular weight excluding hydrogens is 206 g/mol. The number of rotatable bonds is 1. The fourth-order valence-electron chi connectivity index (χ4n) is 1.71. The lowest BCUT2D eigenvalue weighted by atomic mass is 10.4. The standard InChI is InChI=1S/C10H9N5O/c1-14-5-3-9(13-14)15-8-2-4-11-6-7(8)12-10(15)16/h2-6H,1H3,(H,12,16). The van der Waals surface area contributed by atoms with Crippen molar-refractivity contribution in [2.24, 2.45) is 7.05 Å². The predicted octanol–water partition coefficient (Wildman–Crippen LogP) is 0.447. The molecule has 0 radical (unpaired) electrons. The molecule has 0 saturated carbocycles. The van der Waals surface area contributed by atoms with Crippen molar-refractivity contribution in [1.82, 2.24) is 24.3 Å². The minimum atomic E-state index is -0.207. The van der Waals surface area contributed by atoms with Crippen LogP contribution >= 0.6 is 0 Å². The zero-order valence-corrected chi connectivity index (χ0v) is 8.58. The van der Waals surface area contributed by atoms with Crippen LogP contribution in [0.25, 0.3) is 16.9 Å². The molecule has 3 heterocycles. The minimum Gasteiger partial charge on any atom is -0.304 e. The molecule has 0 aliphatic carbocycles. The number of aromatic nitrogens is 5. The number of aryl methyl sites for hydroxylation is 1. The summed E-state index contributed by atoms with van der Waals surface area (Å²) in [7, 11) is 1.81. The van der Waals surface area contributed by atoms with E-state index >= 15 is 0 Å². The molecular formula is C10H9N5O. The van der Waals surface area contributed by atoms with Crippen molar-refractivity contribution >= 4 is 11.0 Å². The Morgan fingerprint density at radius 1 is 1.38 bits per heavy atom. The summed E-state index contributed by atoms with van der Waals surface area (Å²) in [6.07, 6.45) is 5.06. The summed E-state index contributed by atoms with van der Waals surface area (Å²) in [6, 6.07) is 3.57. The van der Waals surface area contributed by atoms with E-state index in [1.54, 1.807) is 35.4 Å². The first kappa shape index (κ1) is 8.90. The third kappa shape index (κ3) is 1.16. The quantitative estimate of drug-likeness (QED) is 0.640. The van der Waals surface area contributed by atoms with E-state index in [0.717, 1.165) is 5.52 Å². The van der Waals surface area contributed by atoms with E-state index in [9.17, 15) is 4.79 Å². The molecule has 0 bridgehead atoms. The van der Waals surface area contributed by atoms with Crippen molar-refractivity contribution in [3.8, 4) is 5.82 Å². The number of nitrogens with one attached hydrogen (secondary N) is 1. The summed E-state index contributed by atoms with van der Waals surface area (Å²) >= 11 is 0. The topological polar surface area (TPSA) is 68.5 Å². The maximum absolute atomic E-state index is 11.8. The van der Waals surface area contributed by atoms with E-state index in [0.29, 0.717) is 11.3 Å². The van der Waals surface area contributed by atoms with Gasteiger partial charge in [0.15, 0.2) is 5.82 Å². The molecule has 6 heteroatoms. The molecule has 3 aromatic rings. The first-order chi connectivity index (χ1) is 7.75. The number of nitrogens with zero attached hydrogens (tertiary/aromatic N) is 4. The number of aromatic amines is 1. The maximum Gasteiger partial charge on any atom is 0.332 e. The highest BCUT2D eigenvalue weighted by molar-refractivity contribution is 5.75. The normalized spacial score (nSPS) is 11.1. The van der Waals surface area contributed by atoms with Crippen LogP contribution in [0.3, 0.4) is 0 Å². The molecule has 3 rings (SSSR count). The fourth-order valence-corrected chi connectivity index (χ4v) is 1.71. The van der Waals surface area contributed by atoms with Gasteiger partial charge >= 0.3 is 5.69 Å². The van der Waals surface area contributed by atoms with Gasteiger partial charge in [-0.15, -0.1) is 0 Å². The van der Waals surface area contributed by atoms with Gasteiger partial charge in [0.2, 0.25) is 0 Å². The highest BCUT2D eigenvalue weighted by Gasteiger charge is 2.09. The number of hydrogen-bond acceptors (Lipinski definition) is 3. The number of hydrogen-bond donors (Lipinski definition) is 1. The molecule has 0 fully saturated rings. The molecule has 0 spiro atoms. The minimum absolute atomic E-state index is 0.207. The third-order valence-electron chi connectivity index (χ3n) is 2.41. The number of fused-ring (bicyclic) bond motifs is 1. The van der Waals surface area contributed by atoms with E-state index in [-0.39, 0.29) is 5.69 Å². The van der Waals surface area contributed by atoms with Gasteiger partial charge in [-0.3, -0.25) is 9.67 Å². The Morgan fingerprint density at radius 2 is 2.25 bits per heavy atom. The van der Waals surface area contributed by atoms with Crippen molar-refractivity contribution in [3.05, 3.63) is 41.2 Å². The van der Waals surface area contributed by atoms with Crippen LogP contribution in [0.2, 0.25) is 0 Å². The smallest absolute Gasteiger partial charge is 0.304 e. The molecule has 6 nitrogen and oxygen atoms in total. The van der Waals surface area contributed by atoms with Crippen LogP contribution in [0.15, 0.2) is 35.5 Å². The van der Waals surface area contributed by atoms with E-state index in [1.165, 1.54) is 4.57 Å². The van der Waals surface area contributed by atoms with Crippen LogP contribution in [0.1, 0.15) is 0 Å². The Balaban J connectivity index is 2.39. The lowest BCUT2D eigenvalue weighted by molar-refractivity contribution is 0.750. The van der Waals surface area contributed by atoms with Gasteiger partial charge in [0.25, 0.3) is 0 Å². The molecule has 80 valence electrons. The highest BCUT2D eigenvalue weighted by Crippen LogP contribution is 2.11. The first-order valence-corrected chi connectivity index (χ1v) is 4.80. The second-order valence-corrected chi connectivity index (χ2v) is 3.51. The highest BCUT2D eigenvalue weighted by atomic mass is 16.1. The van der Waals surface area contributed by atoms with Gasteiger partial charge in [0.05, 0.1) is 17.2 Å². The Labute approximate surface area is 90.2 Å². The largest absolute Gasteiger partial charge is 0.332 e. The van der Waals surface area contributed by atoms with E-state index in [2.05, 4.69) is 15.1 Å². The monoisotopic (exact) mass is 215 g/mol. The lowest BCUT2D eigenvalue weighted by Crippen LogP contribution is -2.15. The molecule has 3 aromatic heterocycles. The van der Waals surface area contributed by atoms with E-state index < -0.39 is 0 Å². The van der Waals surface area contributed by atoms with Gasteiger partial charge in [0, 0.05) is 25.5 Å². The third-order valence-corrected chi connectivity index (χ3v) is 2.41. The van der Waals surface area contributed by atoms with Crippen LogP contribution in [-0.2, 0) is 7.05 Å². The van der Waals surface area contributed by atoms with Gasteiger partial charge in [-0.1, -0.05) is 0 Å².